The third kappa shape index (κ3) is 3.75. The van der Waals surface area contributed by atoms with Gasteiger partial charge in [-0.25, -0.2) is 13.8 Å². The Morgan fingerprint density at radius 3 is 2.41 bits per heavy atom. The first kappa shape index (κ1) is 20.0. The van der Waals surface area contributed by atoms with Gasteiger partial charge in [0.1, 0.15) is 23.2 Å². The van der Waals surface area contributed by atoms with E-state index in [2.05, 4.69) is 20.5 Å². The topological polar surface area (TPSA) is 72.7 Å². The highest BCUT2D eigenvalue weighted by molar-refractivity contribution is 5.92. The van der Waals surface area contributed by atoms with Crippen molar-refractivity contribution in [1.82, 2.24) is 25.1 Å². The molecule has 8 heteroatoms. The van der Waals surface area contributed by atoms with Crippen molar-refractivity contribution in [2.75, 3.05) is 0 Å². The van der Waals surface area contributed by atoms with Crippen molar-refractivity contribution >= 4 is 5.91 Å². The van der Waals surface area contributed by atoms with Crippen LogP contribution in [0.15, 0.2) is 72.9 Å². The number of hydrogen-bond donors (Lipinski definition) is 1. The molecular formula is C24H19F2N5O. The summed E-state index contributed by atoms with van der Waals surface area (Å²) in [6.07, 6.45) is 2.28. The van der Waals surface area contributed by atoms with Crippen LogP contribution in [0.1, 0.15) is 35.1 Å². The summed E-state index contributed by atoms with van der Waals surface area (Å²) >= 11 is 0. The SMILES string of the molecule is O=C(N[C@H]1C[C@H](c2nnc(-c3ccccc3)n2-c2ccccc2F)C1)c1ccc(F)cn1. The fourth-order valence-corrected chi connectivity index (χ4v) is 3.92. The second-order valence-corrected chi connectivity index (χ2v) is 7.74. The first-order valence-corrected chi connectivity index (χ1v) is 10.3. The lowest BCUT2D eigenvalue weighted by molar-refractivity contribution is 0.0902. The fraction of sp³-hybridized carbons (Fsp3) is 0.167. The molecule has 2 heterocycles. The average molecular weight is 431 g/mol. The molecule has 0 saturated heterocycles. The number of carbonyl (C=O) groups is 1. The van der Waals surface area contributed by atoms with Crippen molar-refractivity contribution in [1.29, 1.82) is 0 Å². The summed E-state index contributed by atoms with van der Waals surface area (Å²) in [5, 5.41) is 11.7. The van der Waals surface area contributed by atoms with Crippen LogP contribution in [-0.2, 0) is 0 Å². The van der Waals surface area contributed by atoms with Crippen molar-refractivity contribution in [2.24, 2.45) is 0 Å². The summed E-state index contributed by atoms with van der Waals surface area (Å²) in [7, 11) is 0. The summed E-state index contributed by atoms with van der Waals surface area (Å²) in [5.74, 6) is 0.0114. The average Bonchev–Trinajstić information content (AvgIpc) is 3.21. The highest BCUT2D eigenvalue weighted by Gasteiger charge is 2.36. The third-order valence-electron chi connectivity index (χ3n) is 5.61. The molecule has 1 aliphatic carbocycles. The molecule has 1 aliphatic rings. The fourth-order valence-electron chi connectivity index (χ4n) is 3.92. The standard InChI is InChI=1S/C24H19F2N5O/c25-17-10-11-20(27-14-17)24(32)28-18-12-16(13-18)23-30-29-22(15-6-2-1-3-7-15)31(23)21-9-5-4-8-19(21)26/h1-11,14,16,18H,12-13H2,(H,28,32)/t16-,18-. The molecule has 0 atom stereocenters. The van der Waals surface area contributed by atoms with Crippen LogP contribution in [-0.4, -0.2) is 31.7 Å². The quantitative estimate of drug-likeness (QED) is 0.512. The summed E-state index contributed by atoms with van der Waals surface area (Å²) in [4.78, 5) is 16.2. The molecule has 1 fully saturated rings. The first-order chi connectivity index (χ1) is 15.6. The van der Waals surface area contributed by atoms with Gasteiger partial charge in [0.2, 0.25) is 0 Å². The van der Waals surface area contributed by atoms with Gasteiger partial charge in [0, 0.05) is 17.5 Å². The normalized spacial score (nSPS) is 17.6. The van der Waals surface area contributed by atoms with Gasteiger partial charge in [-0.05, 0) is 37.1 Å². The molecule has 2 aromatic carbocycles. The monoisotopic (exact) mass is 431 g/mol. The summed E-state index contributed by atoms with van der Waals surface area (Å²) < 4.78 is 29.5. The Morgan fingerprint density at radius 2 is 1.69 bits per heavy atom. The van der Waals surface area contributed by atoms with E-state index in [1.807, 2.05) is 30.3 Å². The summed E-state index contributed by atoms with van der Waals surface area (Å²) in [5.41, 5.74) is 1.38. The molecule has 0 aliphatic heterocycles. The van der Waals surface area contributed by atoms with Crippen LogP contribution < -0.4 is 5.32 Å². The van der Waals surface area contributed by atoms with E-state index in [1.165, 1.54) is 18.2 Å². The molecule has 160 valence electrons. The van der Waals surface area contributed by atoms with Gasteiger partial charge in [0.05, 0.1) is 11.9 Å². The van der Waals surface area contributed by atoms with Crippen LogP contribution in [0.5, 0.6) is 0 Å². The molecule has 0 radical (unpaired) electrons. The van der Waals surface area contributed by atoms with Crippen molar-refractivity contribution in [3.63, 3.8) is 0 Å². The van der Waals surface area contributed by atoms with E-state index in [0.717, 1.165) is 11.8 Å². The predicted octanol–water partition coefficient (Wildman–Crippen LogP) is 4.28. The number of aromatic nitrogens is 4. The molecule has 1 saturated carbocycles. The second-order valence-electron chi connectivity index (χ2n) is 7.74. The number of amides is 1. The molecule has 0 unspecified atom stereocenters. The van der Waals surface area contributed by atoms with Gasteiger partial charge in [0.15, 0.2) is 5.82 Å². The summed E-state index contributed by atoms with van der Waals surface area (Å²) in [6.45, 7) is 0. The Kier molecular flexibility index (Phi) is 5.18. The molecule has 0 spiro atoms. The van der Waals surface area contributed by atoms with Crippen LogP contribution in [0, 0.1) is 11.6 Å². The Hall–Kier alpha value is -3.94. The number of rotatable bonds is 5. The number of para-hydroxylation sites is 1. The summed E-state index contributed by atoms with van der Waals surface area (Å²) in [6, 6.07) is 18.5. The van der Waals surface area contributed by atoms with Crippen molar-refractivity contribution in [2.45, 2.75) is 24.8 Å². The number of halogens is 2. The van der Waals surface area contributed by atoms with Gasteiger partial charge in [-0.15, -0.1) is 10.2 Å². The molecule has 4 aromatic rings. The van der Waals surface area contributed by atoms with Crippen molar-refractivity contribution in [3.05, 3.63) is 96.1 Å². The molecule has 1 amide bonds. The number of nitrogens with zero attached hydrogens (tertiary/aromatic N) is 4. The number of benzene rings is 2. The molecule has 32 heavy (non-hydrogen) atoms. The zero-order chi connectivity index (χ0) is 22.1. The Balaban J connectivity index is 1.39. The van der Waals surface area contributed by atoms with E-state index < -0.39 is 5.82 Å². The van der Waals surface area contributed by atoms with Crippen molar-refractivity contribution < 1.29 is 13.6 Å². The third-order valence-corrected chi connectivity index (χ3v) is 5.61. The minimum atomic E-state index is -0.494. The number of pyridine rings is 1. The van der Waals surface area contributed by atoms with E-state index in [9.17, 15) is 13.6 Å². The minimum Gasteiger partial charge on any atom is -0.348 e. The lowest BCUT2D eigenvalue weighted by Crippen LogP contribution is -2.44. The largest absolute Gasteiger partial charge is 0.348 e. The van der Waals surface area contributed by atoms with Gasteiger partial charge in [0.25, 0.3) is 5.91 Å². The van der Waals surface area contributed by atoms with Crippen LogP contribution >= 0.6 is 0 Å². The predicted molar refractivity (Wildman–Crippen MR) is 114 cm³/mol. The van der Waals surface area contributed by atoms with E-state index in [1.54, 1.807) is 22.8 Å². The molecule has 6 nitrogen and oxygen atoms in total. The molecular weight excluding hydrogens is 412 g/mol. The maximum Gasteiger partial charge on any atom is 0.270 e. The van der Waals surface area contributed by atoms with Crippen LogP contribution in [0.4, 0.5) is 8.78 Å². The Bertz CT molecular complexity index is 1250. The lowest BCUT2D eigenvalue weighted by Gasteiger charge is -2.35. The zero-order valence-corrected chi connectivity index (χ0v) is 17.0. The number of nitrogens with one attached hydrogen (secondary N) is 1. The zero-order valence-electron chi connectivity index (χ0n) is 17.0. The van der Waals surface area contributed by atoms with Gasteiger partial charge < -0.3 is 5.32 Å². The Morgan fingerprint density at radius 1 is 0.938 bits per heavy atom. The molecule has 5 rings (SSSR count). The smallest absolute Gasteiger partial charge is 0.270 e. The second kappa shape index (κ2) is 8.30. The highest BCUT2D eigenvalue weighted by Crippen LogP contribution is 2.39. The molecule has 1 N–H and O–H groups in total. The van der Waals surface area contributed by atoms with E-state index in [0.29, 0.717) is 30.2 Å². The maximum absolute atomic E-state index is 14.7. The highest BCUT2D eigenvalue weighted by atomic mass is 19.1. The Labute approximate surface area is 183 Å². The van der Waals surface area contributed by atoms with Crippen LogP contribution in [0.3, 0.4) is 0 Å². The van der Waals surface area contributed by atoms with Gasteiger partial charge in [-0.2, -0.15) is 0 Å². The van der Waals surface area contributed by atoms with Gasteiger partial charge in [-0.3, -0.25) is 9.36 Å². The maximum atomic E-state index is 14.7. The number of hydrogen-bond acceptors (Lipinski definition) is 4. The van der Waals surface area contributed by atoms with Gasteiger partial charge >= 0.3 is 0 Å². The molecule has 2 aromatic heterocycles. The van der Waals surface area contributed by atoms with Crippen LogP contribution in [0.2, 0.25) is 0 Å². The lowest BCUT2D eigenvalue weighted by atomic mass is 9.79. The van der Waals surface area contributed by atoms with Crippen LogP contribution in [0.25, 0.3) is 17.1 Å². The van der Waals surface area contributed by atoms with E-state index >= 15 is 0 Å². The van der Waals surface area contributed by atoms with Gasteiger partial charge in [-0.1, -0.05) is 42.5 Å². The molecule has 0 bridgehead atoms. The van der Waals surface area contributed by atoms with Crippen molar-refractivity contribution in [3.8, 4) is 17.1 Å². The number of carbonyl (C=O) groups excluding carboxylic acids is 1. The minimum absolute atomic E-state index is 0.00560. The van der Waals surface area contributed by atoms with E-state index in [4.69, 9.17) is 0 Å². The van der Waals surface area contributed by atoms with E-state index in [-0.39, 0.29) is 29.4 Å². The first-order valence-electron chi connectivity index (χ1n) is 10.3.